The quantitative estimate of drug-likeness (QED) is 0.425. The molecule has 4 heterocycles. The van der Waals surface area contributed by atoms with Crippen molar-refractivity contribution in [3.63, 3.8) is 0 Å². The maximum atomic E-state index is 15.1. The number of imidazole rings is 1. The van der Waals surface area contributed by atoms with Crippen molar-refractivity contribution in [1.29, 1.82) is 0 Å². The van der Waals surface area contributed by atoms with Crippen LogP contribution in [-0.4, -0.2) is 36.7 Å². The van der Waals surface area contributed by atoms with Crippen molar-refractivity contribution in [2.24, 2.45) is 0 Å². The molecular formula is C25H24FN7O. The van der Waals surface area contributed by atoms with Gasteiger partial charge in [0.05, 0.1) is 6.04 Å². The van der Waals surface area contributed by atoms with Crippen LogP contribution in [0.2, 0.25) is 0 Å². The molecule has 0 bridgehead atoms. The molecule has 4 aromatic rings. The van der Waals surface area contributed by atoms with Gasteiger partial charge in [-0.3, -0.25) is 9.20 Å². The lowest BCUT2D eigenvalue weighted by molar-refractivity contribution is -0.127. The number of rotatable bonds is 6. The molecule has 8 nitrogen and oxygen atoms in total. The summed E-state index contributed by atoms with van der Waals surface area (Å²) < 4.78 is 16.9. The molecule has 5 rings (SSSR count). The number of hydrogen-bond donors (Lipinski definition) is 2. The number of likely N-dealkylation sites (tertiary alicyclic amines) is 1. The molecule has 0 aliphatic carbocycles. The fourth-order valence-electron chi connectivity index (χ4n) is 4.43. The fourth-order valence-corrected chi connectivity index (χ4v) is 4.43. The monoisotopic (exact) mass is 457 g/mol. The Hall–Kier alpha value is -4.27. The zero-order valence-corrected chi connectivity index (χ0v) is 18.5. The summed E-state index contributed by atoms with van der Waals surface area (Å²) >= 11 is 0. The summed E-state index contributed by atoms with van der Waals surface area (Å²) in [5.41, 5.74) is 8.44. The Morgan fingerprint density at radius 3 is 2.91 bits per heavy atom. The van der Waals surface area contributed by atoms with Gasteiger partial charge in [-0.25, -0.2) is 19.3 Å². The van der Waals surface area contributed by atoms with Crippen molar-refractivity contribution in [2.75, 3.05) is 17.6 Å². The molecule has 0 saturated carbocycles. The summed E-state index contributed by atoms with van der Waals surface area (Å²) in [6.07, 6.45) is 8.00. The lowest BCUT2D eigenvalue weighted by Gasteiger charge is -2.22. The number of benzene rings is 1. The van der Waals surface area contributed by atoms with Crippen LogP contribution in [0.3, 0.4) is 0 Å². The summed E-state index contributed by atoms with van der Waals surface area (Å²) in [4.78, 5) is 27.4. The third-order valence-electron chi connectivity index (χ3n) is 6.07. The first-order valence-corrected chi connectivity index (χ1v) is 11.1. The maximum absolute atomic E-state index is 15.1. The van der Waals surface area contributed by atoms with Gasteiger partial charge in [0.1, 0.15) is 34.5 Å². The number of nitrogens with two attached hydrogens (primary N) is 1. The Balaban J connectivity index is 1.52. The molecule has 1 atom stereocenters. The molecule has 0 spiro atoms. The van der Waals surface area contributed by atoms with Crippen molar-refractivity contribution in [2.45, 2.75) is 25.4 Å². The van der Waals surface area contributed by atoms with Crippen molar-refractivity contribution < 1.29 is 9.18 Å². The largest absolute Gasteiger partial charge is 0.382 e. The average Bonchev–Trinajstić information content (AvgIpc) is 3.49. The first-order valence-electron chi connectivity index (χ1n) is 11.1. The van der Waals surface area contributed by atoms with Gasteiger partial charge < -0.3 is 16.0 Å². The topological polar surface area (TPSA) is 101 Å². The SMILES string of the molecule is C=CC(=O)N1CCC[C@H]1c1nc(-c2ccc(CNc3ccccn3)c(F)c2)c2c(N)nccn12. The number of carbonyl (C=O) groups is 1. The highest BCUT2D eigenvalue weighted by molar-refractivity contribution is 5.88. The van der Waals surface area contributed by atoms with E-state index in [9.17, 15) is 4.79 Å². The van der Waals surface area contributed by atoms with Gasteiger partial charge in [-0.15, -0.1) is 0 Å². The summed E-state index contributed by atoms with van der Waals surface area (Å²) in [5, 5.41) is 3.12. The average molecular weight is 458 g/mol. The zero-order valence-electron chi connectivity index (χ0n) is 18.5. The van der Waals surface area contributed by atoms with Crippen molar-refractivity contribution in [3.05, 3.63) is 84.8 Å². The highest BCUT2D eigenvalue weighted by atomic mass is 19.1. The number of hydrogen-bond acceptors (Lipinski definition) is 6. The molecule has 1 saturated heterocycles. The number of pyridine rings is 1. The summed E-state index contributed by atoms with van der Waals surface area (Å²) in [7, 11) is 0. The third kappa shape index (κ3) is 3.85. The number of nitrogen functional groups attached to an aromatic ring is 1. The number of fused-ring (bicyclic) bond motifs is 1. The van der Waals surface area contributed by atoms with Gasteiger partial charge in [-0.1, -0.05) is 24.8 Å². The number of nitrogens with zero attached hydrogens (tertiary/aromatic N) is 5. The van der Waals surface area contributed by atoms with Crippen LogP contribution in [0.15, 0.2) is 67.6 Å². The standard InChI is InChI=1S/C25H24FN7O/c1-2-21(34)32-12-5-6-19(32)25-31-22(23-24(27)29-11-13-33(23)25)16-8-9-17(18(26)14-16)15-30-20-7-3-4-10-28-20/h2-4,7-11,13-14,19H,1,5-6,12,15H2,(H2,27,29)(H,28,30)/t19-/m0/s1. The molecular weight excluding hydrogens is 433 g/mol. The van der Waals surface area contributed by atoms with Gasteiger partial charge in [0.15, 0.2) is 0 Å². The maximum Gasteiger partial charge on any atom is 0.246 e. The van der Waals surface area contributed by atoms with Gasteiger partial charge in [0.25, 0.3) is 0 Å². The minimum Gasteiger partial charge on any atom is -0.382 e. The van der Waals surface area contributed by atoms with Crippen molar-refractivity contribution >= 4 is 23.1 Å². The van der Waals surface area contributed by atoms with Gasteiger partial charge in [-0.2, -0.15) is 0 Å². The van der Waals surface area contributed by atoms with Crippen LogP contribution in [0.4, 0.5) is 16.0 Å². The van der Waals surface area contributed by atoms with E-state index in [0.717, 1.165) is 12.8 Å². The van der Waals surface area contributed by atoms with Crippen LogP contribution >= 0.6 is 0 Å². The van der Waals surface area contributed by atoms with E-state index in [2.05, 4.69) is 21.9 Å². The first-order chi connectivity index (χ1) is 16.6. The number of halogens is 1. The predicted octanol–water partition coefficient (Wildman–Crippen LogP) is 3.97. The van der Waals surface area contributed by atoms with Crippen LogP contribution in [0, 0.1) is 5.82 Å². The molecule has 1 aliphatic rings. The van der Waals surface area contributed by atoms with E-state index in [1.807, 2.05) is 28.7 Å². The van der Waals surface area contributed by atoms with Crippen LogP contribution in [0.1, 0.15) is 30.3 Å². The van der Waals surface area contributed by atoms with Gasteiger partial charge in [0.2, 0.25) is 5.91 Å². The van der Waals surface area contributed by atoms with Gasteiger partial charge in [0, 0.05) is 42.8 Å². The van der Waals surface area contributed by atoms with Crippen LogP contribution < -0.4 is 11.1 Å². The van der Waals surface area contributed by atoms with E-state index in [1.165, 1.54) is 12.1 Å². The lowest BCUT2D eigenvalue weighted by Crippen LogP contribution is -2.29. The van der Waals surface area contributed by atoms with E-state index >= 15 is 4.39 Å². The second kappa shape index (κ2) is 8.93. The molecule has 0 radical (unpaired) electrons. The van der Waals surface area contributed by atoms with Crippen LogP contribution in [-0.2, 0) is 11.3 Å². The molecule has 1 aromatic carbocycles. The second-order valence-electron chi connectivity index (χ2n) is 8.12. The Labute approximate surface area is 196 Å². The van der Waals surface area contributed by atoms with Crippen LogP contribution in [0.5, 0.6) is 0 Å². The first kappa shape index (κ1) is 21.6. The summed E-state index contributed by atoms with van der Waals surface area (Å²) in [6.45, 7) is 4.54. The smallest absolute Gasteiger partial charge is 0.246 e. The van der Waals surface area contributed by atoms with Crippen molar-refractivity contribution in [1.82, 2.24) is 24.3 Å². The molecule has 3 aromatic heterocycles. The minimum absolute atomic E-state index is 0.140. The third-order valence-corrected chi connectivity index (χ3v) is 6.07. The molecule has 172 valence electrons. The van der Waals surface area contributed by atoms with Gasteiger partial charge in [-0.05, 0) is 37.1 Å². The van der Waals surface area contributed by atoms with E-state index < -0.39 is 0 Å². The Morgan fingerprint density at radius 2 is 2.15 bits per heavy atom. The fraction of sp³-hybridized carbons (Fsp3) is 0.200. The van der Waals surface area contributed by atoms with Crippen molar-refractivity contribution in [3.8, 4) is 11.3 Å². The molecule has 3 N–H and O–H groups in total. The number of carbonyl (C=O) groups excluding carboxylic acids is 1. The Morgan fingerprint density at radius 1 is 1.26 bits per heavy atom. The van der Waals surface area contributed by atoms with E-state index in [4.69, 9.17) is 10.7 Å². The number of aromatic nitrogens is 4. The lowest BCUT2D eigenvalue weighted by atomic mass is 10.1. The van der Waals surface area contributed by atoms with E-state index in [-0.39, 0.29) is 23.6 Å². The van der Waals surface area contributed by atoms with Gasteiger partial charge >= 0.3 is 0 Å². The van der Waals surface area contributed by atoms with E-state index in [0.29, 0.717) is 47.1 Å². The summed E-state index contributed by atoms with van der Waals surface area (Å²) in [5.74, 6) is 1.13. The zero-order chi connectivity index (χ0) is 23.7. The Bertz CT molecular complexity index is 1370. The molecule has 0 unspecified atom stereocenters. The molecule has 9 heteroatoms. The highest BCUT2D eigenvalue weighted by Gasteiger charge is 2.33. The summed E-state index contributed by atoms with van der Waals surface area (Å²) in [6, 6.07) is 10.3. The second-order valence-corrected chi connectivity index (χ2v) is 8.12. The van der Waals surface area contributed by atoms with Crippen LogP contribution in [0.25, 0.3) is 16.8 Å². The minimum atomic E-state index is -0.365. The Kier molecular flexibility index (Phi) is 5.67. The molecule has 1 fully saturated rings. The molecule has 34 heavy (non-hydrogen) atoms. The number of anilines is 2. The number of nitrogens with one attached hydrogen (secondary N) is 1. The normalized spacial score (nSPS) is 15.6. The predicted molar refractivity (Wildman–Crippen MR) is 128 cm³/mol. The molecule has 1 amide bonds. The highest BCUT2D eigenvalue weighted by Crippen LogP contribution is 2.36. The number of amides is 1. The molecule has 1 aliphatic heterocycles. The van der Waals surface area contributed by atoms with E-state index in [1.54, 1.807) is 29.6 Å².